The first kappa shape index (κ1) is 15.3. The van der Waals surface area contributed by atoms with Crippen LogP contribution in [0, 0.1) is 6.92 Å². The van der Waals surface area contributed by atoms with Crippen LogP contribution in [0.4, 0.5) is 5.82 Å². The molecule has 1 aromatic rings. The van der Waals surface area contributed by atoms with E-state index in [0.717, 1.165) is 50.8 Å². The lowest BCUT2D eigenvalue weighted by Gasteiger charge is -2.35. The van der Waals surface area contributed by atoms with Crippen LogP contribution in [-0.4, -0.2) is 48.6 Å². The van der Waals surface area contributed by atoms with Crippen LogP contribution in [0.15, 0.2) is 12.1 Å². The predicted molar refractivity (Wildman–Crippen MR) is 85.3 cm³/mol. The zero-order valence-electron chi connectivity index (χ0n) is 13.3. The fourth-order valence-electron chi connectivity index (χ4n) is 2.55. The van der Waals surface area contributed by atoms with Gasteiger partial charge >= 0.3 is 0 Å². The summed E-state index contributed by atoms with van der Waals surface area (Å²) in [5.41, 5.74) is 2.45. The number of likely N-dealkylation sites (N-methyl/N-ethyl adjacent to an activating group) is 1. The standard InChI is InChI=1S/C16H28N4/c1-5-19-8-10-20(11-9-19)16-7-6-15(14(4)18-16)12-17-13(2)3/h6-7,13,17H,5,8-12H2,1-4H3. The number of aryl methyl sites for hydroxylation is 1. The molecule has 2 rings (SSSR count). The van der Waals surface area contributed by atoms with Gasteiger partial charge in [0.05, 0.1) is 0 Å². The largest absolute Gasteiger partial charge is 0.354 e. The summed E-state index contributed by atoms with van der Waals surface area (Å²) in [5, 5.41) is 3.45. The first-order chi connectivity index (χ1) is 9.60. The minimum Gasteiger partial charge on any atom is -0.354 e. The minimum atomic E-state index is 0.510. The third-order valence-electron chi connectivity index (χ3n) is 4.02. The first-order valence-corrected chi connectivity index (χ1v) is 7.77. The van der Waals surface area contributed by atoms with Crippen molar-refractivity contribution >= 4 is 5.82 Å². The van der Waals surface area contributed by atoms with Crippen molar-refractivity contribution in [1.82, 2.24) is 15.2 Å². The van der Waals surface area contributed by atoms with Gasteiger partial charge in [-0.15, -0.1) is 0 Å². The number of anilines is 1. The fourth-order valence-corrected chi connectivity index (χ4v) is 2.55. The zero-order valence-corrected chi connectivity index (χ0v) is 13.3. The Kier molecular flexibility index (Phi) is 5.38. The summed E-state index contributed by atoms with van der Waals surface area (Å²) in [6.45, 7) is 15.2. The van der Waals surface area contributed by atoms with Gasteiger partial charge in [0, 0.05) is 44.5 Å². The highest BCUT2D eigenvalue weighted by Crippen LogP contribution is 2.16. The lowest BCUT2D eigenvalue weighted by molar-refractivity contribution is 0.270. The van der Waals surface area contributed by atoms with Crippen LogP contribution in [0.25, 0.3) is 0 Å². The van der Waals surface area contributed by atoms with E-state index in [0.29, 0.717) is 6.04 Å². The van der Waals surface area contributed by atoms with Crippen LogP contribution in [-0.2, 0) is 6.54 Å². The third-order valence-corrected chi connectivity index (χ3v) is 4.02. The van der Waals surface area contributed by atoms with E-state index in [1.807, 2.05) is 0 Å². The number of piperazine rings is 1. The molecular weight excluding hydrogens is 248 g/mol. The normalized spacial score (nSPS) is 16.9. The molecule has 1 aromatic heterocycles. The van der Waals surface area contributed by atoms with E-state index in [1.165, 1.54) is 5.56 Å². The highest BCUT2D eigenvalue weighted by Gasteiger charge is 2.17. The van der Waals surface area contributed by atoms with E-state index in [1.54, 1.807) is 0 Å². The van der Waals surface area contributed by atoms with Crippen molar-refractivity contribution in [2.75, 3.05) is 37.6 Å². The van der Waals surface area contributed by atoms with Gasteiger partial charge in [-0.2, -0.15) is 0 Å². The molecule has 2 heterocycles. The monoisotopic (exact) mass is 276 g/mol. The van der Waals surface area contributed by atoms with Gasteiger partial charge in [0.15, 0.2) is 0 Å². The fraction of sp³-hybridized carbons (Fsp3) is 0.688. The summed E-state index contributed by atoms with van der Waals surface area (Å²) in [6.07, 6.45) is 0. The SMILES string of the molecule is CCN1CCN(c2ccc(CNC(C)C)c(C)n2)CC1. The molecule has 0 amide bonds. The molecule has 0 atom stereocenters. The molecule has 0 unspecified atom stereocenters. The number of pyridine rings is 1. The molecule has 4 nitrogen and oxygen atoms in total. The van der Waals surface area contributed by atoms with Crippen molar-refractivity contribution in [3.63, 3.8) is 0 Å². The van der Waals surface area contributed by atoms with Gasteiger partial charge in [-0.1, -0.05) is 26.8 Å². The molecule has 0 saturated carbocycles. The Balaban J connectivity index is 1.98. The number of hydrogen-bond donors (Lipinski definition) is 1. The van der Waals surface area contributed by atoms with Crippen LogP contribution in [0.2, 0.25) is 0 Å². The molecule has 0 aliphatic carbocycles. The Morgan fingerprint density at radius 1 is 1.20 bits per heavy atom. The molecule has 0 radical (unpaired) electrons. The quantitative estimate of drug-likeness (QED) is 0.891. The average Bonchev–Trinajstić information content (AvgIpc) is 2.46. The van der Waals surface area contributed by atoms with Crippen LogP contribution in [0.1, 0.15) is 32.0 Å². The molecule has 1 aliphatic heterocycles. The lowest BCUT2D eigenvalue weighted by atomic mass is 10.2. The minimum absolute atomic E-state index is 0.510. The summed E-state index contributed by atoms with van der Waals surface area (Å²) in [5.74, 6) is 1.13. The molecule has 1 N–H and O–H groups in total. The van der Waals surface area contributed by atoms with Crippen LogP contribution in [0.5, 0.6) is 0 Å². The van der Waals surface area contributed by atoms with E-state index in [4.69, 9.17) is 4.98 Å². The maximum Gasteiger partial charge on any atom is 0.128 e. The lowest BCUT2D eigenvalue weighted by Crippen LogP contribution is -2.46. The van der Waals surface area contributed by atoms with Crippen molar-refractivity contribution in [1.29, 1.82) is 0 Å². The maximum absolute atomic E-state index is 4.79. The second kappa shape index (κ2) is 7.04. The van der Waals surface area contributed by atoms with Gasteiger partial charge in [-0.3, -0.25) is 0 Å². The summed E-state index contributed by atoms with van der Waals surface area (Å²) >= 11 is 0. The molecule has 20 heavy (non-hydrogen) atoms. The molecule has 0 bridgehead atoms. The molecule has 112 valence electrons. The number of hydrogen-bond acceptors (Lipinski definition) is 4. The molecule has 0 aromatic carbocycles. The Morgan fingerprint density at radius 3 is 2.45 bits per heavy atom. The van der Waals surface area contributed by atoms with Crippen LogP contribution in [0.3, 0.4) is 0 Å². The highest BCUT2D eigenvalue weighted by atomic mass is 15.3. The molecular formula is C16H28N4. The topological polar surface area (TPSA) is 31.4 Å². The predicted octanol–water partition coefficient (Wildman–Crippen LogP) is 2.03. The molecule has 1 fully saturated rings. The van der Waals surface area contributed by atoms with E-state index in [-0.39, 0.29) is 0 Å². The Labute approximate surface area is 123 Å². The van der Waals surface area contributed by atoms with Crippen molar-refractivity contribution in [2.45, 2.75) is 40.3 Å². The van der Waals surface area contributed by atoms with Crippen molar-refractivity contribution in [3.05, 3.63) is 23.4 Å². The van der Waals surface area contributed by atoms with Crippen LogP contribution < -0.4 is 10.2 Å². The number of nitrogens with one attached hydrogen (secondary N) is 1. The smallest absolute Gasteiger partial charge is 0.128 e. The molecule has 4 heteroatoms. The van der Waals surface area contributed by atoms with Gasteiger partial charge in [-0.25, -0.2) is 4.98 Å². The van der Waals surface area contributed by atoms with Crippen molar-refractivity contribution in [2.24, 2.45) is 0 Å². The number of nitrogens with zero attached hydrogens (tertiary/aromatic N) is 3. The first-order valence-electron chi connectivity index (χ1n) is 7.77. The maximum atomic E-state index is 4.79. The van der Waals surface area contributed by atoms with E-state index >= 15 is 0 Å². The van der Waals surface area contributed by atoms with Gasteiger partial charge in [-0.05, 0) is 25.1 Å². The number of aromatic nitrogens is 1. The molecule has 0 spiro atoms. The van der Waals surface area contributed by atoms with Gasteiger partial charge in [0.1, 0.15) is 5.82 Å². The van der Waals surface area contributed by atoms with E-state index in [9.17, 15) is 0 Å². The third kappa shape index (κ3) is 3.93. The van der Waals surface area contributed by atoms with Crippen molar-refractivity contribution in [3.8, 4) is 0 Å². The zero-order chi connectivity index (χ0) is 14.5. The second-order valence-electron chi connectivity index (χ2n) is 5.87. The summed E-state index contributed by atoms with van der Waals surface area (Å²) < 4.78 is 0. The Morgan fingerprint density at radius 2 is 1.90 bits per heavy atom. The van der Waals surface area contributed by atoms with Crippen molar-refractivity contribution < 1.29 is 0 Å². The van der Waals surface area contributed by atoms with Gasteiger partial charge < -0.3 is 15.1 Å². The Bertz CT molecular complexity index is 422. The van der Waals surface area contributed by atoms with E-state index < -0.39 is 0 Å². The van der Waals surface area contributed by atoms with Gasteiger partial charge in [0.25, 0.3) is 0 Å². The van der Waals surface area contributed by atoms with Crippen LogP contribution >= 0.6 is 0 Å². The van der Waals surface area contributed by atoms with Gasteiger partial charge in [0.2, 0.25) is 0 Å². The second-order valence-corrected chi connectivity index (χ2v) is 5.87. The molecule has 1 saturated heterocycles. The molecule has 1 aliphatic rings. The Hall–Kier alpha value is -1.13. The average molecular weight is 276 g/mol. The summed E-state index contributed by atoms with van der Waals surface area (Å²) in [7, 11) is 0. The van der Waals surface area contributed by atoms with E-state index in [2.05, 4.69) is 54.9 Å². The summed E-state index contributed by atoms with van der Waals surface area (Å²) in [6, 6.07) is 4.90. The highest BCUT2D eigenvalue weighted by molar-refractivity contribution is 5.42. The summed E-state index contributed by atoms with van der Waals surface area (Å²) in [4.78, 5) is 9.68. The number of rotatable bonds is 5.